The van der Waals surface area contributed by atoms with Gasteiger partial charge in [0.15, 0.2) is 5.96 Å². The van der Waals surface area contributed by atoms with E-state index in [1.807, 2.05) is 12.1 Å². The fraction of sp³-hybridized carbons (Fsp3) is 0.714. The summed E-state index contributed by atoms with van der Waals surface area (Å²) in [6, 6.07) is 3.88. The molecule has 0 aromatic carbocycles. The van der Waals surface area contributed by atoms with Gasteiger partial charge in [-0.1, -0.05) is 33.1 Å². The van der Waals surface area contributed by atoms with E-state index in [4.69, 9.17) is 15.1 Å². The number of carbonyl (C=O) groups excluding carboxylic acids is 1. The molecule has 1 saturated heterocycles. The molecule has 1 aliphatic heterocycles. The van der Waals surface area contributed by atoms with Gasteiger partial charge in [0.1, 0.15) is 5.76 Å². The SMILES string of the molecule is CCCCC(CC)CN=C(NCCc1ccco1)NC1CCN(C(N)=O)CC1. The first kappa shape index (κ1) is 22.1. The van der Waals surface area contributed by atoms with Crippen molar-refractivity contribution < 1.29 is 9.21 Å². The Morgan fingerprint density at radius 3 is 2.79 bits per heavy atom. The minimum Gasteiger partial charge on any atom is -0.469 e. The van der Waals surface area contributed by atoms with E-state index in [0.717, 1.165) is 50.5 Å². The van der Waals surface area contributed by atoms with Crippen LogP contribution in [0.2, 0.25) is 0 Å². The molecular weight excluding hydrogens is 354 g/mol. The molecule has 1 aromatic rings. The molecule has 4 N–H and O–H groups in total. The Balaban J connectivity index is 1.88. The summed E-state index contributed by atoms with van der Waals surface area (Å²) in [5.41, 5.74) is 5.38. The Labute approximate surface area is 169 Å². The number of hydrogen-bond acceptors (Lipinski definition) is 3. The summed E-state index contributed by atoms with van der Waals surface area (Å²) >= 11 is 0. The second-order valence-corrected chi connectivity index (χ2v) is 7.61. The van der Waals surface area contributed by atoms with Gasteiger partial charge >= 0.3 is 6.03 Å². The smallest absolute Gasteiger partial charge is 0.314 e. The third-order valence-electron chi connectivity index (χ3n) is 5.44. The molecule has 2 rings (SSSR count). The third kappa shape index (κ3) is 7.82. The van der Waals surface area contributed by atoms with Gasteiger partial charge < -0.3 is 25.7 Å². The summed E-state index contributed by atoms with van der Waals surface area (Å²) in [4.78, 5) is 17.9. The van der Waals surface area contributed by atoms with Gasteiger partial charge in [-0.05, 0) is 37.3 Å². The van der Waals surface area contributed by atoms with Crippen molar-refractivity contribution in [3.05, 3.63) is 24.2 Å². The maximum Gasteiger partial charge on any atom is 0.314 e. The van der Waals surface area contributed by atoms with Crippen LogP contribution in [0, 0.1) is 5.92 Å². The van der Waals surface area contributed by atoms with Crippen LogP contribution in [0.1, 0.15) is 58.1 Å². The van der Waals surface area contributed by atoms with Gasteiger partial charge in [-0.3, -0.25) is 4.99 Å². The van der Waals surface area contributed by atoms with Crippen molar-refractivity contribution in [1.29, 1.82) is 0 Å². The number of nitrogens with two attached hydrogens (primary N) is 1. The van der Waals surface area contributed by atoms with Gasteiger partial charge in [-0.2, -0.15) is 0 Å². The summed E-state index contributed by atoms with van der Waals surface area (Å²) in [5.74, 6) is 2.45. The first-order valence-electron chi connectivity index (χ1n) is 10.7. The molecule has 1 aliphatic rings. The van der Waals surface area contributed by atoms with Crippen molar-refractivity contribution in [3.63, 3.8) is 0 Å². The quantitative estimate of drug-likeness (QED) is 0.422. The van der Waals surface area contributed by atoms with Gasteiger partial charge in [0, 0.05) is 38.6 Å². The van der Waals surface area contributed by atoms with E-state index < -0.39 is 0 Å². The third-order valence-corrected chi connectivity index (χ3v) is 5.44. The lowest BCUT2D eigenvalue weighted by atomic mass is 10.00. The number of aliphatic imine (C=N–C) groups is 1. The standard InChI is InChI=1S/C21H37N5O2/c1-3-5-7-17(4-2)16-24-21(23-12-9-19-8-6-15-28-19)25-18-10-13-26(14-11-18)20(22)27/h6,8,15,17-18H,3-5,7,9-14,16H2,1-2H3,(H2,22,27)(H2,23,24,25). The molecule has 0 aliphatic carbocycles. The van der Waals surface area contributed by atoms with Gasteiger partial charge in [0.05, 0.1) is 6.26 Å². The van der Waals surface area contributed by atoms with E-state index in [9.17, 15) is 4.79 Å². The van der Waals surface area contributed by atoms with Crippen molar-refractivity contribution in [2.75, 3.05) is 26.2 Å². The zero-order chi connectivity index (χ0) is 20.2. The highest BCUT2D eigenvalue weighted by molar-refractivity contribution is 5.80. The summed E-state index contributed by atoms with van der Waals surface area (Å²) in [6.07, 6.45) is 9.16. The monoisotopic (exact) mass is 391 g/mol. The normalized spacial score (nSPS) is 16.8. The van der Waals surface area contributed by atoms with Crippen molar-refractivity contribution in [2.45, 2.75) is 64.8 Å². The van der Waals surface area contributed by atoms with E-state index in [2.05, 4.69) is 24.5 Å². The van der Waals surface area contributed by atoms with Crippen LogP contribution >= 0.6 is 0 Å². The molecule has 0 spiro atoms. The number of piperidine rings is 1. The number of carbonyl (C=O) groups is 1. The molecule has 7 nitrogen and oxygen atoms in total. The molecule has 1 fully saturated rings. The van der Waals surface area contributed by atoms with Crippen LogP contribution in [0.15, 0.2) is 27.8 Å². The van der Waals surface area contributed by atoms with Crippen molar-refractivity contribution >= 4 is 12.0 Å². The molecule has 0 radical (unpaired) electrons. The van der Waals surface area contributed by atoms with Crippen LogP contribution in [0.25, 0.3) is 0 Å². The van der Waals surface area contributed by atoms with Crippen LogP contribution in [0.5, 0.6) is 0 Å². The molecule has 1 atom stereocenters. The topological polar surface area (TPSA) is 95.9 Å². The minimum atomic E-state index is -0.328. The van der Waals surface area contributed by atoms with Gasteiger partial charge in [-0.25, -0.2) is 4.79 Å². The predicted molar refractivity (Wildman–Crippen MR) is 113 cm³/mol. The van der Waals surface area contributed by atoms with Crippen molar-refractivity contribution in [1.82, 2.24) is 15.5 Å². The molecule has 1 aromatic heterocycles. The maximum atomic E-state index is 11.3. The largest absolute Gasteiger partial charge is 0.469 e. The lowest BCUT2D eigenvalue weighted by Crippen LogP contribution is -2.51. The fourth-order valence-corrected chi connectivity index (χ4v) is 3.49. The van der Waals surface area contributed by atoms with Crippen LogP contribution < -0.4 is 16.4 Å². The van der Waals surface area contributed by atoms with Crippen molar-refractivity contribution in [2.24, 2.45) is 16.6 Å². The molecule has 1 unspecified atom stereocenters. The number of hydrogen-bond donors (Lipinski definition) is 3. The van der Waals surface area contributed by atoms with Crippen molar-refractivity contribution in [3.8, 4) is 0 Å². The minimum absolute atomic E-state index is 0.307. The highest BCUT2D eigenvalue weighted by Gasteiger charge is 2.22. The number of urea groups is 1. The Kier molecular flexibility index (Phi) is 9.72. The number of furan rings is 1. The Hall–Kier alpha value is -2.18. The Morgan fingerprint density at radius 2 is 2.18 bits per heavy atom. The van der Waals surface area contributed by atoms with Gasteiger partial charge in [-0.15, -0.1) is 0 Å². The highest BCUT2D eigenvalue weighted by Crippen LogP contribution is 2.13. The number of nitrogens with one attached hydrogen (secondary N) is 2. The molecule has 7 heteroatoms. The van der Waals surface area contributed by atoms with Gasteiger partial charge in [0.25, 0.3) is 0 Å². The molecule has 158 valence electrons. The van der Waals surface area contributed by atoms with Crippen LogP contribution in [0.4, 0.5) is 4.79 Å². The average Bonchev–Trinajstić information content (AvgIpc) is 3.21. The lowest BCUT2D eigenvalue weighted by Gasteiger charge is -2.32. The number of nitrogens with zero attached hydrogens (tertiary/aromatic N) is 2. The van der Waals surface area contributed by atoms with E-state index >= 15 is 0 Å². The maximum absolute atomic E-state index is 11.3. The molecule has 0 bridgehead atoms. The van der Waals surface area contributed by atoms with Crippen LogP contribution in [0.3, 0.4) is 0 Å². The molecule has 28 heavy (non-hydrogen) atoms. The first-order chi connectivity index (χ1) is 13.6. The van der Waals surface area contributed by atoms with Crippen LogP contribution in [-0.4, -0.2) is 49.1 Å². The fourth-order valence-electron chi connectivity index (χ4n) is 3.49. The number of primary amides is 1. The predicted octanol–water partition coefficient (Wildman–Crippen LogP) is 3.12. The van der Waals surface area contributed by atoms with E-state index in [-0.39, 0.29) is 6.03 Å². The van der Waals surface area contributed by atoms with E-state index in [1.165, 1.54) is 19.3 Å². The molecular formula is C21H37N5O2. The summed E-state index contributed by atoms with van der Waals surface area (Å²) in [5, 5.41) is 7.01. The second kappa shape index (κ2) is 12.3. The molecule has 0 saturated carbocycles. The number of rotatable bonds is 10. The first-order valence-corrected chi connectivity index (χ1v) is 10.7. The Morgan fingerprint density at radius 1 is 1.39 bits per heavy atom. The summed E-state index contributed by atoms with van der Waals surface area (Å²) in [6.45, 7) is 7.48. The number of amides is 2. The summed E-state index contributed by atoms with van der Waals surface area (Å²) in [7, 11) is 0. The second-order valence-electron chi connectivity index (χ2n) is 7.61. The van der Waals surface area contributed by atoms with E-state index in [1.54, 1.807) is 11.2 Å². The zero-order valence-corrected chi connectivity index (χ0v) is 17.5. The van der Waals surface area contributed by atoms with Gasteiger partial charge in [0.2, 0.25) is 0 Å². The number of likely N-dealkylation sites (tertiary alicyclic amines) is 1. The Bertz CT molecular complexity index is 580. The molecule has 2 amide bonds. The van der Waals surface area contributed by atoms with E-state index in [0.29, 0.717) is 25.0 Å². The zero-order valence-electron chi connectivity index (χ0n) is 17.5. The highest BCUT2D eigenvalue weighted by atomic mass is 16.3. The van der Waals surface area contributed by atoms with Crippen LogP contribution in [-0.2, 0) is 6.42 Å². The number of unbranched alkanes of at least 4 members (excludes halogenated alkanes) is 1. The number of guanidine groups is 1. The average molecular weight is 392 g/mol. The lowest BCUT2D eigenvalue weighted by molar-refractivity contribution is 0.188. The molecule has 2 heterocycles. The summed E-state index contributed by atoms with van der Waals surface area (Å²) < 4.78 is 5.41.